The van der Waals surface area contributed by atoms with Gasteiger partial charge in [0.15, 0.2) is 11.5 Å². The smallest absolute Gasteiger partial charge is 0.275 e. The molecule has 0 aliphatic rings. The first-order valence-corrected chi connectivity index (χ1v) is 9.77. The first kappa shape index (κ1) is 20.7. The van der Waals surface area contributed by atoms with E-state index < -0.39 is 0 Å². The van der Waals surface area contributed by atoms with Crippen molar-refractivity contribution >= 4 is 38.8 Å². The molecule has 0 unspecified atom stereocenters. The van der Waals surface area contributed by atoms with E-state index in [1.807, 2.05) is 43.3 Å². The lowest BCUT2D eigenvalue weighted by atomic mass is 10.1. The number of fused-ring (bicyclic) bond motifs is 1. The molecule has 0 spiro atoms. The topological polar surface area (TPSA) is 69.2 Å². The molecule has 0 aliphatic carbocycles. The summed E-state index contributed by atoms with van der Waals surface area (Å²) in [5.74, 6) is 1.32. The number of benzene rings is 3. The summed E-state index contributed by atoms with van der Waals surface area (Å²) in [6.45, 7) is 2.42. The fourth-order valence-electron chi connectivity index (χ4n) is 2.89. The van der Waals surface area contributed by atoms with E-state index >= 15 is 0 Å². The molecule has 6 nitrogen and oxygen atoms in total. The molecule has 150 valence electrons. The standard InChI is InChI=1S/C22H21BrN2O4/c1-4-29-21-18(23)9-14(10-20(21)28-3)13-24-25-22(26)17-11-15-7-5-6-8-16(15)12-19(17)27-2/h5-13H,4H2,1-3H3,(H,25,26)/b24-13-. The zero-order valence-electron chi connectivity index (χ0n) is 16.4. The number of methoxy groups -OCH3 is 2. The van der Waals surface area contributed by atoms with Crippen LogP contribution in [-0.4, -0.2) is 32.9 Å². The number of hydrazone groups is 1. The second-order valence-corrected chi connectivity index (χ2v) is 6.92. The number of ether oxygens (including phenoxy) is 3. The van der Waals surface area contributed by atoms with Crippen LogP contribution < -0.4 is 19.6 Å². The minimum atomic E-state index is -0.360. The van der Waals surface area contributed by atoms with Gasteiger partial charge in [0.25, 0.3) is 5.91 Å². The van der Waals surface area contributed by atoms with E-state index in [0.717, 1.165) is 20.8 Å². The van der Waals surface area contributed by atoms with Crippen LogP contribution in [0.4, 0.5) is 0 Å². The fourth-order valence-corrected chi connectivity index (χ4v) is 3.46. The van der Waals surface area contributed by atoms with Crippen molar-refractivity contribution in [2.24, 2.45) is 5.10 Å². The number of halogens is 1. The highest BCUT2D eigenvalue weighted by molar-refractivity contribution is 9.10. The van der Waals surface area contributed by atoms with Crippen molar-refractivity contribution in [1.82, 2.24) is 5.43 Å². The number of nitrogens with one attached hydrogen (secondary N) is 1. The summed E-state index contributed by atoms with van der Waals surface area (Å²) in [6.07, 6.45) is 1.54. The molecular formula is C22H21BrN2O4. The fraction of sp³-hybridized carbons (Fsp3) is 0.182. The largest absolute Gasteiger partial charge is 0.496 e. The summed E-state index contributed by atoms with van der Waals surface area (Å²) >= 11 is 3.47. The van der Waals surface area contributed by atoms with Gasteiger partial charge in [0.05, 0.1) is 37.1 Å². The SMILES string of the molecule is CCOc1c(Br)cc(/C=N\NC(=O)c2cc3ccccc3cc2OC)cc1OC. The Bertz CT molecular complexity index is 1070. The molecule has 7 heteroatoms. The molecule has 29 heavy (non-hydrogen) atoms. The quantitative estimate of drug-likeness (QED) is 0.410. The van der Waals surface area contributed by atoms with Crippen molar-refractivity contribution in [3.8, 4) is 17.2 Å². The third-order valence-corrected chi connectivity index (χ3v) is 4.82. The summed E-state index contributed by atoms with van der Waals surface area (Å²) in [4.78, 5) is 12.6. The maximum absolute atomic E-state index is 12.6. The highest BCUT2D eigenvalue weighted by Crippen LogP contribution is 2.36. The maximum atomic E-state index is 12.6. The second-order valence-electron chi connectivity index (χ2n) is 6.07. The molecule has 0 saturated heterocycles. The number of carbonyl (C=O) groups excluding carboxylic acids is 1. The summed E-state index contributed by atoms with van der Waals surface area (Å²) in [7, 11) is 3.10. The van der Waals surface area contributed by atoms with E-state index in [4.69, 9.17) is 14.2 Å². The van der Waals surface area contributed by atoms with Gasteiger partial charge < -0.3 is 14.2 Å². The van der Waals surface area contributed by atoms with Crippen molar-refractivity contribution in [3.63, 3.8) is 0 Å². The molecule has 0 aliphatic heterocycles. The van der Waals surface area contributed by atoms with E-state index in [0.29, 0.717) is 29.4 Å². The molecule has 3 aromatic rings. The van der Waals surface area contributed by atoms with Crippen molar-refractivity contribution < 1.29 is 19.0 Å². The van der Waals surface area contributed by atoms with Gasteiger partial charge in [-0.05, 0) is 63.5 Å². The Morgan fingerprint density at radius 2 is 1.76 bits per heavy atom. The van der Waals surface area contributed by atoms with Gasteiger partial charge in [-0.2, -0.15) is 5.10 Å². The molecular weight excluding hydrogens is 436 g/mol. The molecule has 0 atom stereocenters. The van der Waals surface area contributed by atoms with Crippen LogP contribution in [0.15, 0.2) is 58.1 Å². The molecule has 0 saturated carbocycles. The van der Waals surface area contributed by atoms with Crippen LogP contribution in [0.1, 0.15) is 22.8 Å². The van der Waals surface area contributed by atoms with Gasteiger partial charge in [0.2, 0.25) is 0 Å². The predicted molar refractivity (Wildman–Crippen MR) is 117 cm³/mol. The van der Waals surface area contributed by atoms with Crippen LogP contribution in [0, 0.1) is 0 Å². The Labute approximate surface area is 177 Å². The second kappa shape index (κ2) is 9.43. The first-order valence-electron chi connectivity index (χ1n) is 8.97. The average molecular weight is 457 g/mol. The van der Waals surface area contributed by atoms with E-state index in [2.05, 4.69) is 26.5 Å². The highest BCUT2D eigenvalue weighted by atomic mass is 79.9. The van der Waals surface area contributed by atoms with Crippen LogP contribution in [-0.2, 0) is 0 Å². The van der Waals surface area contributed by atoms with Gasteiger partial charge in [-0.25, -0.2) is 5.43 Å². The zero-order valence-corrected chi connectivity index (χ0v) is 17.9. The Morgan fingerprint density at radius 1 is 1.07 bits per heavy atom. The maximum Gasteiger partial charge on any atom is 0.275 e. The number of carbonyl (C=O) groups is 1. The van der Waals surface area contributed by atoms with Crippen molar-refractivity contribution in [3.05, 3.63) is 64.1 Å². The molecule has 3 rings (SSSR count). The molecule has 1 amide bonds. The van der Waals surface area contributed by atoms with E-state index in [9.17, 15) is 4.79 Å². The lowest BCUT2D eigenvalue weighted by Gasteiger charge is -2.12. The van der Waals surface area contributed by atoms with Crippen molar-refractivity contribution in [1.29, 1.82) is 0 Å². The molecule has 0 aromatic heterocycles. The van der Waals surface area contributed by atoms with Crippen molar-refractivity contribution in [2.45, 2.75) is 6.92 Å². The van der Waals surface area contributed by atoms with Crippen molar-refractivity contribution in [2.75, 3.05) is 20.8 Å². The summed E-state index contributed by atoms with van der Waals surface area (Å²) in [6, 6.07) is 15.0. The third-order valence-electron chi connectivity index (χ3n) is 4.23. The van der Waals surface area contributed by atoms with Crippen LogP contribution in [0.2, 0.25) is 0 Å². The minimum absolute atomic E-state index is 0.360. The molecule has 0 radical (unpaired) electrons. The number of hydrogen-bond acceptors (Lipinski definition) is 5. The summed E-state index contributed by atoms with van der Waals surface area (Å²) < 4.78 is 17.1. The third kappa shape index (κ3) is 4.68. The van der Waals surface area contributed by atoms with Crippen LogP contribution in [0.3, 0.4) is 0 Å². The number of hydrogen-bond donors (Lipinski definition) is 1. The minimum Gasteiger partial charge on any atom is -0.496 e. The van der Waals surface area contributed by atoms with Crippen LogP contribution in [0.25, 0.3) is 10.8 Å². The van der Waals surface area contributed by atoms with Gasteiger partial charge >= 0.3 is 0 Å². The molecule has 0 heterocycles. The Balaban J connectivity index is 1.81. The molecule has 3 aromatic carbocycles. The zero-order chi connectivity index (χ0) is 20.8. The number of rotatable bonds is 7. The number of amides is 1. The summed E-state index contributed by atoms with van der Waals surface area (Å²) in [5, 5.41) is 6.01. The average Bonchev–Trinajstić information content (AvgIpc) is 2.74. The summed E-state index contributed by atoms with van der Waals surface area (Å²) in [5.41, 5.74) is 3.70. The van der Waals surface area contributed by atoms with Gasteiger partial charge in [-0.1, -0.05) is 24.3 Å². The van der Waals surface area contributed by atoms with E-state index in [1.165, 1.54) is 13.3 Å². The lowest BCUT2D eigenvalue weighted by molar-refractivity contribution is 0.0952. The lowest BCUT2D eigenvalue weighted by Crippen LogP contribution is -2.18. The molecule has 0 fully saturated rings. The number of nitrogens with zero attached hydrogens (tertiary/aromatic N) is 1. The van der Waals surface area contributed by atoms with Gasteiger partial charge in [-0.15, -0.1) is 0 Å². The first-order chi connectivity index (χ1) is 14.1. The highest BCUT2D eigenvalue weighted by Gasteiger charge is 2.14. The van der Waals surface area contributed by atoms with Gasteiger partial charge in [0, 0.05) is 0 Å². The van der Waals surface area contributed by atoms with Crippen LogP contribution in [0.5, 0.6) is 17.2 Å². The molecule has 0 bridgehead atoms. The van der Waals surface area contributed by atoms with Gasteiger partial charge in [-0.3, -0.25) is 4.79 Å². The Morgan fingerprint density at radius 3 is 2.41 bits per heavy atom. The Kier molecular flexibility index (Phi) is 6.72. The predicted octanol–water partition coefficient (Wildman–Crippen LogP) is 4.78. The van der Waals surface area contributed by atoms with E-state index in [-0.39, 0.29) is 5.91 Å². The monoisotopic (exact) mass is 456 g/mol. The molecule has 1 N–H and O–H groups in total. The van der Waals surface area contributed by atoms with E-state index in [1.54, 1.807) is 19.2 Å². The van der Waals surface area contributed by atoms with Gasteiger partial charge in [0.1, 0.15) is 5.75 Å². The Hall–Kier alpha value is -3.06. The van der Waals surface area contributed by atoms with Crippen LogP contribution >= 0.6 is 15.9 Å². The normalized spacial score (nSPS) is 10.9.